The van der Waals surface area contributed by atoms with Crippen LogP contribution < -0.4 is 5.32 Å². The van der Waals surface area contributed by atoms with E-state index in [1.807, 2.05) is 37.3 Å². The van der Waals surface area contributed by atoms with Gasteiger partial charge < -0.3 is 10.1 Å². The average Bonchev–Trinajstić information content (AvgIpc) is 2.67. The van der Waals surface area contributed by atoms with Gasteiger partial charge in [0, 0.05) is 19.8 Å². The van der Waals surface area contributed by atoms with Gasteiger partial charge in [0.2, 0.25) is 10.0 Å². The summed E-state index contributed by atoms with van der Waals surface area (Å²) in [5.74, 6) is -0.967. The van der Waals surface area contributed by atoms with E-state index in [-0.39, 0.29) is 17.2 Å². The fraction of sp³-hybridized carbons (Fsp3) is 0.300. The quantitative estimate of drug-likeness (QED) is 0.683. The number of rotatable bonds is 8. The molecule has 2 rings (SSSR count). The normalized spacial score (nSPS) is 12.4. The monoisotopic (exact) mass is 404 g/mol. The number of nitrogens with zero attached hydrogens (tertiary/aromatic N) is 1. The maximum Gasteiger partial charge on any atom is 0.306 e. The Hall–Kier alpha value is -2.71. The molecule has 0 aliphatic heterocycles. The minimum Gasteiger partial charge on any atom is -0.456 e. The van der Waals surface area contributed by atoms with Crippen molar-refractivity contribution in [1.82, 2.24) is 4.31 Å². The zero-order chi connectivity index (χ0) is 20.7. The Morgan fingerprint density at radius 2 is 1.64 bits per heavy atom. The van der Waals surface area contributed by atoms with Gasteiger partial charge in [-0.25, -0.2) is 12.7 Å². The number of esters is 1. The summed E-state index contributed by atoms with van der Waals surface area (Å²) in [6, 6.07) is 15.3. The summed E-state index contributed by atoms with van der Waals surface area (Å²) < 4.78 is 30.2. The van der Waals surface area contributed by atoms with Crippen molar-refractivity contribution in [2.45, 2.75) is 24.2 Å². The molecule has 0 unspecified atom stereocenters. The number of hydrogen-bond donors (Lipinski definition) is 1. The van der Waals surface area contributed by atoms with Gasteiger partial charge in [-0.05, 0) is 35.7 Å². The third-order valence-electron chi connectivity index (χ3n) is 4.12. The molecule has 7 nitrogen and oxygen atoms in total. The molecular weight excluding hydrogens is 380 g/mol. The van der Waals surface area contributed by atoms with E-state index in [4.69, 9.17) is 4.74 Å². The zero-order valence-corrected chi connectivity index (χ0v) is 16.9. The van der Waals surface area contributed by atoms with E-state index in [9.17, 15) is 18.0 Å². The first-order chi connectivity index (χ1) is 13.2. The van der Waals surface area contributed by atoms with Crippen LogP contribution in [-0.4, -0.2) is 45.3 Å². The van der Waals surface area contributed by atoms with Crippen molar-refractivity contribution in [3.05, 3.63) is 60.2 Å². The van der Waals surface area contributed by atoms with E-state index >= 15 is 0 Å². The van der Waals surface area contributed by atoms with E-state index in [0.717, 1.165) is 9.87 Å². The largest absolute Gasteiger partial charge is 0.456 e. The van der Waals surface area contributed by atoms with Crippen molar-refractivity contribution in [2.75, 3.05) is 26.0 Å². The predicted molar refractivity (Wildman–Crippen MR) is 106 cm³/mol. The second kappa shape index (κ2) is 9.48. The molecule has 0 heterocycles. The van der Waals surface area contributed by atoms with Crippen LogP contribution in [0.2, 0.25) is 0 Å². The number of benzene rings is 2. The SMILES string of the molecule is C[C@@H](CC(=O)OCC(=O)Nc1ccc(S(=O)(=O)N(C)C)cc1)c1ccccc1. The number of hydrogen-bond acceptors (Lipinski definition) is 5. The summed E-state index contributed by atoms with van der Waals surface area (Å²) in [5, 5.41) is 2.57. The first-order valence-electron chi connectivity index (χ1n) is 8.73. The fourth-order valence-electron chi connectivity index (χ4n) is 2.47. The van der Waals surface area contributed by atoms with Crippen LogP contribution in [0.4, 0.5) is 5.69 Å². The highest BCUT2D eigenvalue weighted by molar-refractivity contribution is 7.89. The molecule has 0 bridgehead atoms. The lowest BCUT2D eigenvalue weighted by Gasteiger charge is -2.13. The molecule has 150 valence electrons. The number of amides is 1. The van der Waals surface area contributed by atoms with Crippen LogP contribution in [0.3, 0.4) is 0 Å². The van der Waals surface area contributed by atoms with Gasteiger partial charge in [0.05, 0.1) is 11.3 Å². The number of carbonyl (C=O) groups excluding carboxylic acids is 2. The van der Waals surface area contributed by atoms with Crippen molar-refractivity contribution >= 4 is 27.6 Å². The Labute approximate surface area is 165 Å². The number of carbonyl (C=O) groups is 2. The third-order valence-corrected chi connectivity index (χ3v) is 5.95. The highest BCUT2D eigenvalue weighted by Gasteiger charge is 2.17. The summed E-state index contributed by atoms with van der Waals surface area (Å²) >= 11 is 0. The Morgan fingerprint density at radius 3 is 2.21 bits per heavy atom. The summed E-state index contributed by atoms with van der Waals surface area (Å²) in [4.78, 5) is 24.0. The molecule has 0 aliphatic carbocycles. The smallest absolute Gasteiger partial charge is 0.306 e. The van der Waals surface area contributed by atoms with E-state index in [0.29, 0.717) is 5.69 Å². The van der Waals surface area contributed by atoms with Gasteiger partial charge in [-0.3, -0.25) is 9.59 Å². The van der Waals surface area contributed by atoms with E-state index in [1.54, 1.807) is 0 Å². The number of nitrogens with one attached hydrogen (secondary N) is 1. The van der Waals surface area contributed by atoms with Gasteiger partial charge in [-0.2, -0.15) is 0 Å². The molecule has 1 N–H and O–H groups in total. The lowest BCUT2D eigenvalue weighted by atomic mass is 9.98. The molecule has 0 spiro atoms. The lowest BCUT2D eigenvalue weighted by Crippen LogP contribution is -2.23. The molecule has 0 saturated carbocycles. The summed E-state index contributed by atoms with van der Waals surface area (Å²) in [7, 11) is -0.642. The van der Waals surface area contributed by atoms with Crippen molar-refractivity contribution in [3.8, 4) is 0 Å². The van der Waals surface area contributed by atoms with Crippen molar-refractivity contribution in [2.24, 2.45) is 0 Å². The van der Waals surface area contributed by atoms with Crippen LogP contribution in [0.5, 0.6) is 0 Å². The molecule has 1 atom stereocenters. The van der Waals surface area contributed by atoms with Crippen LogP contribution in [0.25, 0.3) is 0 Å². The highest BCUT2D eigenvalue weighted by atomic mass is 32.2. The Morgan fingerprint density at radius 1 is 1.04 bits per heavy atom. The predicted octanol–water partition coefficient (Wildman–Crippen LogP) is 2.61. The molecule has 0 aromatic heterocycles. The first kappa shape index (κ1) is 21.6. The average molecular weight is 404 g/mol. The fourth-order valence-corrected chi connectivity index (χ4v) is 3.37. The molecular formula is C20H24N2O5S. The standard InChI is InChI=1S/C20H24N2O5S/c1-15(16-7-5-4-6-8-16)13-20(24)27-14-19(23)21-17-9-11-18(12-10-17)28(25,26)22(2)3/h4-12,15H,13-14H2,1-3H3,(H,21,23)/t15-/m0/s1. The number of ether oxygens (including phenoxy) is 1. The van der Waals surface area contributed by atoms with E-state index in [2.05, 4.69) is 5.32 Å². The van der Waals surface area contributed by atoms with Gasteiger partial charge in [0.25, 0.3) is 5.91 Å². The van der Waals surface area contributed by atoms with Crippen molar-refractivity contribution in [3.63, 3.8) is 0 Å². The lowest BCUT2D eigenvalue weighted by molar-refractivity contribution is -0.147. The van der Waals surface area contributed by atoms with Gasteiger partial charge in [0.1, 0.15) is 0 Å². The van der Waals surface area contributed by atoms with Gasteiger partial charge in [-0.15, -0.1) is 0 Å². The Kier molecular flexibility index (Phi) is 7.31. The molecule has 0 fully saturated rings. The van der Waals surface area contributed by atoms with Crippen molar-refractivity contribution in [1.29, 1.82) is 0 Å². The molecule has 1 amide bonds. The van der Waals surface area contributed by atoms with Crippen LogP contribution in [-0.2, 0) is 24.3 Å². The van der Waals surface area contributed by atoms with Crippen LogP contribution >= 0.6 is 0 Å². The van der Waals surface area contributed by atoms with E-state index < -0.39 is 28.5 Å². The minimum absolute atomic E-state index is 0.0112. The van der Waals surface area contributed by atoms with E-state index in [1.165, 1.54) is 38.4 Å². The summed E-state index contributed by atoms with van der Waals surface area (Å²) in [5.41, 5.74) is 1.44. The second-order valence-electron chi connectivity index (χ2n) is 6.54. The molecule has 2 aromatic carbocycles. The maximum absolute atomic E-state index is 12.0. The molecule has 28 heavy (non-hydrogen) atoms. The van der Waals surface area contributed by atoms with Gasteiger partial charge in [-0.1, -0.05) is 37.3 Å². The highest BCUT2D eigenvalue weighted by Crippen LogP contribution is 2.19. The third kappa shape index (κ3) is 5.90. The molecule has 0 aliphatic rings. The number of sulfonamides is 1. The maximum atomic E-state index is 12.0. The zero-order valence-electron chi connectivity index (χ0n) is 16.1. The topological polar surface area (TPSA) is 92.8 Å². The molecule has 0 saturated heterocycles. The van der Waals surface area contributed by atoms with Crippen LogP contribution in [0.1, 0.15) is 24.8 Å². The molecule has 2 aromatic rings. The minimum atomic E-state index is -3.53. The second-order valence-corrected chi connectivity index (χ2v) is 8.69. The molecule has 0 radical (unpaired) electrons. The summed E-state index contributed by atoms with van der Waals surface area (Å²) in [6.45, 7) is 1.51. The van der Waals surface area contributed by atoms with Gasteiger partial charge >= 0.3 is 5.97 Å². The first-order valence-corrected chi connectivity index (χ1v) is 10.2. The number of anilines is 1. The van der Waals surface area contributed by atoms with Gasteiger partial charge in [0.15, 0.2) is 6.61 Å². The Bertz CT molecular complexity index is 909. The Balaban J connectivity index is 1.83. The molecule has 8 heteroatoms. The van der Waals surface area contributed by atoms with Crippen molar-refractivity contribution < 1.29 is 22.7 Å². The van der Waals surface area contributed by atoms with Crippen LogP contribution in [0.15, 0.2) is 59.5 Å². The summed E-state index contributed by atoms with van der Waals surface area (Å²) in [6.07, 6.45) is 0.175. The van der Waals surface area contributed by atoms with Crippen LogP contribution in [0, 0.1) is 0 Å².